The van der Waals surface area contributed by atoms with E-state index in [1.165, 1.54) is 0 Å². The van der Waals surface area contributed by atoms with Crippen LogP contribution >= 0.6 is 8.17 Å². The molecule has 1 spiro atoms. The molecular formula is C19H14FeO6P. The summed E-state index contributed by atoms with van der Waals surface area (Å²) in [6.07, 6.45) is 10.0. The third kappa shape index (κ3) is 5.51. The average Bonchev–Trinajstić information content (AvgIpc) is 3.44. The van der Waals surface area contributed by atoms with Gasteiger partial charge in [0, 0.05) is 23.5 Å². The van der Waals surface area contributed by atoms with Crippen LogP contribution in [0.3, 0.4) is 0 Å². The number of hydrogen-bond acceptors (Lipinski definition) is 4. The molecule has 0 unspecified atom stereocenters. The van der Waals surface area contributed by atoms with E-state index in [2.05, 4.69) is 13.3 Å². The van der Waals surface area contributed by atoms with Gasteiger partial charge in [0.15, 0.2) is 0 Å². The van der Waals surface area contributed by atoms with E-state index in [1.807, 2.05) is 79.3 Å². The van der Waals surface area contributed by atoms with Gasteiger partial charge in [0.05, 0.1) is 0 Å². The van der Waals surface area contributed by atoms with Crippen molar-refractivity contribution in [1.29, 1.82) is 0 Å². The van der Waals surface area contributed by atoms with Gasteiger partial charge < -0.3 is 0 Å². The molecule has 0 atom stereocenters. The van der Waals surface area contributed by atoms with Gasteiger partial charge in [-0.3, -0.25) is 0 Å². The topological polar surface area (TPSA) is 76.7 Å². The molecular weight excluding hydrogens is 411 g/mol. The Bertz CT molecular complexity index is 723. The number of hydrogen-bond donors (Lipinski definition) is 0. The van der Waals surface area contributed by atoms with Crippen molar-refractivity contribution in [3.8, 4) is 23.0 Å². The molecule has 0 saturated heterocycles. The number of fused-ring (bicyclic) bond motifs is 2. The Morgan fingerprint density at radius 2 is 0.852 bits per heavy atom. The van der Waals surface area contributed by atoms with E-state index in [0.29, 0.717) is 23.0 Å². The molecule has 2 aromatic rings. The summed E-state index contributed by atoms with van der Waals surface area (Å²) in [5.41, 5.74) is 0. The van der Waals surface area contributed by atoms with Crippen LogP contribution in [0.15, 0.2) is 72.8 Å². The summed E-state index contributed by atoms with van der Waals surface area (Å²) in [4.78, 5) is 0. The first-order chi connectivity index (χ1) is 12.8. The first kappa shape index (κ1) is 22.6. The molecule has 0 aromatic heterocycles. The first-order valence-electron chi connectivity index (χ1n) is 7.36. The molecule has 0 N–H and O–H groups in total. The SMILES string of the molecule is [C-]#[O+].[C-]#[O+].[CH]1C=CC=C1.[Fe].c1ccc2c(c1)O[PH]1(O2)Oc2ccccc2O1. The minimum absolute atomic E-state index is 0. The molecule has 5 rings (SSSR count). The van der Waals surface area contributed by atoms with Gasteiger partial charge in [-0.05, 0) is 0 Å². The number of allylic oxidation sites excluding steroid dienone is 4. The van der Waals surface area contributed by atoms with Crippen molar-refractivity contribution >= 4 is 8.17 Å². The third-order valence-electron chi connectivity index (χ3n) is 3.19. The fraction of sp³-hybridized carbons (Fsp3) is 0. The van der Waals surface area contributed by atoms with E-state index >= 15 is 0 Å². The summed E-state index contributed by atoms with van der Waals surface area (Å²) in [6, 6.07) is 14.9. The van der Waals surface area contributed by atoms with E-state index < -0.39 is 8.17 Å². The molecule has 0 saturated carbocycles. The van der Waals surface area contributed by atoms with E-state index in [0.717, 1.165) is 0 Å². The van der Waals surface area contributed by atoms with Gasteiger partial charge >= 0.3 is 120 Å². The van der Waals surface area contributed by atoms with Gasteiger partial charge in [0.2, 0.25) is 0 Å². The average molecular weight is 425 g/mol. The molecule has 2 aliphatic heterocycles. The molecule has 1 radical (unpaired) electrons. The van der Waals surface area contributed by atoms with Crippen LogP contribution in [0.1, 0.15) is 0 Å². The molecule has 2 aromatic carbocycles. The molecule has 0 bridgehead atoms. The van der Waals surface area contributed by atoms with Crippen LogP contribution in [0.25, 0.3) is 0 Å². The summed E-state index contributed by atoms with van der Waals surface area (Å²) >= 11 is 0. The zero-order valence-corrected chi connectivity index (χ0v) is 15.9. The molecule has 6 nitrogen and oxygen atoms in total. The normalized spacial score (nSPS) is 15.6. The molecule has 139 valence electrons. The van der Waals surface area contributed by atoms with Crippen LogP contribution < -0.4 is 18.1 Å². The third-order valence-corrected chi connectivity index (χ3v) is 5.07. The molecule has 2 heterocycles. The Morgan fingerprint density at radius 1 is 0.556 bits per heavy atom. The first-order valence-corrected chi connectivity index (χ1v) is 9.00. The quantitative estimate of drug-likeness (QED) is 0.268. The summed E-state index contributed by atoms with van der Waals surface area (Å²) < 4.78 is 37.8. The van der Waals surface area contributed by atoms with E-state index in [-0.39, 0.29) is 17.1 Å². The van der Waals surface area contributed by atoms with Crippen LogP contribution in [0, 0.1) is 19.7 Å². The molecule has 0 fully saturated rings. The van der Waals surface area contributed by atoms with E-state index in [4.69, 9.17) is 27.4 Å². The van der Waals surface area contributed by atoms with Gasteiger partial charge in [-0.15, -0.1) is 0 Å². The maximum absolute atomic E-state index is 7.50. The van der Waals surface area contributed by atoms with Crippen LogP contribution in [-0.4, -0.2) is 0 Å². The fourth-order valence-corrected chi connectivity index (χ4v) is 4.22. The van der Waals surface area contributed by atoms with Crippen LogP contribution in [-0.2, 0) is 26.4 Å². The summed E-state index contributed by atoms with van der Waals surface area (Å²) in [7, 11) is -3.08. The Labute approximate surface area is 168 Å². The second-order valence-corrected chi connectivity index (χ2v) is 6.58. The van der Waals surface area contributed by atoms with Crippen molar-refractivity contribution < 1.29 is 44.5 Å². The van der Waals surface area contributed by atoms with Gasteiger partial charge in [-0.1, -0.05) is 24.3 Å². The van der Waals surface area contributed by atoms with Gasteiger partial charge in [-0.25, -0.2) is 0 Å². The Kier molecular flexibility index (Phi) is 9.46. The van der Waals surface area contributed by atoms with E-state index in [1.54, 1.807) is 0 Å². The van der Waals surface area contributed by atoms with Crippen molar-refractivity contribution in [2.75, 3.05) is 0 Å². The van der Waals surface area contributed by atoms with Crippen molar-refractivity contribution in [3.05, 3.63) is 92.6 Å². The minimum atomic E-state index is -3.08. The van der Waals surface area contributed by atoms with E-state index in [9.17, 15) is 0 Å². The Hall–Kier alpha value is -2.45. The number of rotatable bonds is 0. The maximum atomic E-state index is 7.50. The molecule has 8 heteroatoms. The second kappa shape index (κ2) is 11.3. The van der Waals surface area contributed by atoms with Gasteiger partial charge in [0.25, 0.3) is 0 Å². The van der Waals surface area contributed by atoms with Crippen molar-refractivity contribution in [3.63, 3.8) is 0 Å². The predicted molar refractivity (Wildman–Crippen MR) is 94.2 cm³/mol. The van der Waals surface area contributed by atoms with Gasteiger partial charge in [0.1, 0.15) is 0 Å². The molecule has 3 aliphatic rings. The fourth-order valence-electron chi connectivity index (χ4n) is 2.22. The number of benzene rings is 2. The van der Waals surface area contributed by atoms with Crippen LogP contribution in [0.5, 0.6) is 23.0 Å². The van der Waals surface area contributed by atoms with Crippen molar-refractivity contribution in [2.45, 2.75) is 0 Å². The molecule has 27 heavy (non-hydrogen) atoms. The predicted octanol–water partition coefficient (Wildman–Crippen LogP) is 4.58. The second-order valence-electron chi connectivity index (χ2n) is 4.76. The Morgan fingerprint density at radius 3 is 1.07 bits per heavy atom. The molecule has 1 aliphatic carbocycles. The van der Waals surface area contributed by atoms with Crippen LogP contribution in [0.2, 0.25) is 0 Å². The Balaban J connectivity index is 0.000000311. The van der Waals surface area contributed by atoms with Crippen molar-refractivity contribution in [2.24, 2.45) is 0 Å². The standard InChI is InChI=1S/C12H9O4P.C5H5.2CO.Fe/c1-2-6-10-9(5-1)13-17(14-10)15-11-7-3-4-8-12(11)16-17;1-2-4-5-3-1;2*1-2;/h1-8,17H;1-5H;;;. The summed E-state index contributed by atoms with van der Waals surface area (Å²) in [5, 5.41) is 0. The van der Waals surface area contributed by atoms with Crippen LogP contribution in [0.4, 0.5) is 0 Å². The summed E-state index contributed by atoms with van der Waals surface area (Å²) in [5.74, 6) is 2.69. The van der Waals surface area contributed by atoms with Gasteiger partial charge in [-0.2, -0.15) is 0 Å². The summed E-state index contributed by atoms with van der Waals surface area (Å²) in [6.45, 7) is 9.00. The van der Waals surface area contributed by atoms with Crippen molar-refractivity contribution in [1.82, 2.24) is 0 Å². The molecule has 0 amide bonds. The zero-order valence-electron chi connectivity index (χ0n) is 13.8. The zero-order chi connectivity index (χ0) is 18.8. The monoisotopic (exact) mass is 425 g/mol. The number of para-hydroxylation sites is 4.